The van der Waals surface area contributed by atoms with Gasteiger partial charge in [-0.1, -0.05) is 30.3 Å². The molecule has 28 heavy (non-hydrogen) atoms. The van der Waals surface area contributed by atoms with Gasteiger partial charge in [0.2, 0.25) is 0 Å². The zero-order valence-corrected chi connectivity index (χ0v) is 16.9. The van der Waals surface area contributed by atoms with Crippen molar-refractivity contribution in [1.82, 2.24) is 14.9 Å². The molecule has 0 aliphatic heterocycles. The molecule has 1 aromatic carbocycles. The summed E-state index contributed by atoms with van der Waals surface area (Å²) in [7, 11) is 0. The minimum absolute atomic E-state index is 0.0465. The number of aliphatic hydroxyl groups excluding tert-OH is 1. The van der Waals surface area contributed by atoms with Crippen molar-refractivity contribution >= 4 is 21.6 Å². The lowest BCUT2D eigenvalue weighted by molar-refractivity contribution is 0.279. The molecule has 2 N–H and O–H groups in total. The van der Waals surface area contributed by atoms with E-state index in [0.29, 0.717) is 19.0 Å². The minimum Gasteiger partial charge on any atom is -0.396 e. The van der Waals surface area contributed by atoms with Gasteiger partial charge in [-0.25, -0.2) is 4.98 Å². The largest absolute Gasteiger partial charge is 0.396 e. The summed E-state index contributed by atoms with van der Waals surface area (Å²) in [6.07, 6.45) is 7.43. The minimum atomic E-state index is 0.0465. The third-order valence-corrected chi connectivity index (χ3v) is 6.67. The first-order valence-corrected chi connectivity index (χ1v) is 11.0. The lowest BCUT2D eigenvalue weighted by Crippen LogP contribution is -2.35. The Kier molecular flexibility index (Phi) is 6.20. The van der Waals surface area contributed by atoms with Gasteiger partial charge in [-0.05, 0) is 56.2 Å². The van der Waals surface area contributed by atoms with E-state index in [-0.39, 0.29) is 12.2 Å². The van der Waals surface area contributed by atoms with E-state index in [1.54, 1.807) is 22.2 Å². The Morgan fingerprint density at radius 3 is 2.93 bits per heavy atom. The first-order chi connectivity index (χ1) is 13.8. The fraction of sp³-hybridized carbons (Fsp3) is 0.455. The van der Waals surface area contributed by atoms with Crippen LogP contribution in [0.1, 0.15) is 35.3 Å². The van der Waals surface area contributed by atoms with Gasteiger partial charge in [0.25, 0.3) is 5.56 Å². The molecule has 1 aliphatic carbocycles. The lowest BCUT2D eigenvalue weighted by Gasteiger charge is -2.23. The van der Waals surface area contributed by atoms with E-state index in [9.17, 15) is 4.79 Å². The van der Waals surface area contributed by atoms with Gasteiger partial charge in [0, 0.05) is 24.1 Å². The van der Waals surface area contributed by atoms with E-state index >= 15 is 0 Å². The van der Waals surface area contributed by atoms with Crippen LogP contribution in [0.3, 0.4) is 0 Å². The Bertz CT molecular complexity index is 981. The molecule has 148 valence electrons. The van der Waals surface area contributed by atoms with Crippen LogP contribution in [0.4, 0.5) is 0 Å². The fourth-order valence-electron chi connectivity index (χ4n) is 4.02. The number of aliphatic hydroxyl groups is 1. The molecule has 2 heterocycles. The van der Waals surface area contributed by atoms with E-state index in [1.165, 1.54) is 16.0 Å². The fourth-order valence-corrected chi connectivity index (χ4v) is 5.28. The summed E-state index contributed by atoms with van der Waals surface area (Å²) in [5.41, 5.74) is 2.65. The van der Waals surface area contributed by atoms with Crippen molar-refractivity contribution in [1.29, 1.82) is 0 Å². The molecule has 1 atom stereocenters. The Morgan fingerprint density at radius 1 is 1.25 bits per heavy atom. The summed E-state index contributed by atoms with van der Waals surface area (Å²) in [5, 5.41) is 13.5. The summed E-state index contributed by atoms with van der Waals surface area (Å²) in [4.78, 5) is 19.5. The molecule has 0 spiro atoms. The van der Waals surface area contributed by atoms with Crippen molar-refractivity contribution in [3.8, 4) is 0 Å². The standard InChI is InChI=1S/C22H27N3O2S/c26-13-5-12-25-15-24-21-20(22(25)27)18-10-9-17(14-19(18)28-21)23-11-4-8-16-6-2-1-3-7-16/h1-3,6-7,15,17,23,26H,4-5,8-14H2. The van der Waals surface area contributed by atoms with Gasteiger partial charge in [0.05, 0.1) is 11.7 Å². The second-order valence-electron chi connectivity index (χ2n) is 7.49. The Morgan fingerprint density at radius 2 is 2.11 bits per heavy atom. The number of aryl methyl sites for hydroxylation is 3. The van der Waals surface area contributed by atoms with Gasteiger partial charge in [0.1, 0.15) is 4.83 Å². The molecule has 3 aromatic rings. The van der Waals surface area contributed by atoms with Crippen LogP contribution in [-0.4, -0.2) is 33.9 Å². The summed E-state index contributed by atoms with van der Waals surface area (Å²) in [6.45, 7) is 1.63. The molecule has 5 nitrogen and oxygen atoms in total. The first-order valence-electron chi connectivity index (χ1n) is 10.1. The van der Waals surface area contributed by atoms with Crippen molar-refractivity contribution in [2.24, 2.45) is 0 Å². The highest BCUT2D eigenvalue weighted by Crippen LogP contribution is 2.33. The monoisotopic (exact) mass is 397 g/mol. The maximum Gasteiger partial charge on any atom is 0.262 e. The maximum atomic E-state index is 12.8. The number of hydrogen-bond donors (Lipinski definition) is 2. The first kappa shape index (κ1) is 19.3. The highest BCUT2D eigenvalue weighted by molar-refractivity contribution is 7.18. The molecular formula is C22H27N3O2S. The van der Waals surface area contributed by atoms with Crippen LogP contribution in [0.15, 0.2) is 41.5 Å². The SMILES string of the molecule is O=c1c2c3c(sc2ncn1CCCO)CC(NCCCc1ccccc1)CC3. The van der Waals surface area contributed by atoms with E-state index in [4.69, 9.17) is 5.11 Å². The molecule has 0 radical (unpaired) electrons. The van der Waals surface area contributed by atoms with Crippen molar-refractivity contribution in [3.63, 3.8) is 0 Å². The van der Waals surface area contributed by atoms with Crippen molar-refractivity contribution < 1.29 is 5.11 Å². The molecule has 0 bridgehead atoms. The third kappa shape index (κ3) is 4.19. The van der Waals surface area contributed by atoms with Gasteiger partial charge < -0.3 is 10.4 Å². The van der Waals surface area contributed by atoms with Gasteiger partial charge in [-0.15, -0.1) is 11.3 Å². The zero-order valence-electron chi connectivity index (χ0n) is 16.1. The van der Waals surface area contributed by atoms with Crippen molar-refractivity contribution in [3.05, 3.63) is 63.0 Å². The number of nitrogens with one attached hydrogen (secondary N) is 1. The topological polar surface area (TPSA) is 67.2 Å². The lowest BCUT2D eigenvalue weighted by atomic mass is 9.93. The quantitative estimate of drug-likeness (QED) is 0.574. The van der Waals surface area contributed by atoms with Gasteiger partial charge in [0.15, 0.2) is 0 Å². The maximum absolute atomic E-state index is 12.8. The number of hydrogen-bond acceptors (Lipinski definition) is 5. The summed E-state index contributed by atoms with van der Waals surface area (Å²) in [6, 6.07) is 11.1. The van der Waals surface area contributed by atoms with Gasteiger partial charge in [-0.3, -0.25) is 9.36 Å². The summed E-state index contributed by atoms with van der Waals surface area (Å²) < 4.78 is 1.64. The molecule has 0 amide bonds. The Labute approximate surface area is 169 Å². The number of fused-ring (bicyclic) bond motifs is 3. The van der Waals surface area contributed by atoms with Gasteiger partial charge >= 0.3 is 0 Å². The summed E-state index contributed by atoms with van der Waals surface area (Å²) in [5.74, 6) is 0. The number of thiophene rings is 1. The van der Waals surface area contributed by atoms with Crippen LogP contribution in [0.2, 0.25) is 0 Å². The Hall–Kier alpha value is -2.02. The van der Waals surface area contributed by atoms with Crippen LogP contribution in [0.25, 0.3) is 10.2 Å². The molecule has 1 unspecified atom stereocenters. The smallest absolute Gasteiger partial charge is 0.262 e. The number of nitrogens with zero attached hydrogens (tertiary/aromatic N) is 2. The van der Waals surface area contributed by atoms with E-state index < -0.39 is 0 Å². The number of aromatic nitrogens is 2. The summed E-state index contributed by atoms with van der Waals surface area (Å²) >= 11 is 1.67. The Balaban J connectivity index is 1.39. The van der Waals surface area contributed by atoms with Crippen molar-refractivity contribution in [2.75, 3.05) is 13.2 Å². The van der Waals surface area contributed by atoms with Crippen LogP contribution < -0.4 is 10.9 Å². The van der Waals surface area contributed by atoms with E-state index in [0.717, 1.165) is 48.9 Å². The third-order valence-electron chi connectivity index (χ3n) is 5.51. The van der Waals surface area contributed by atoms with Crippen LogP contribution in [-0.2, 0) is 25.8 Å². The molecule has 0 fully saturated rings. The van der Waals surface area contributed by atoms with E-state index in [1.807, 2.05) is 0 Å². The van der Waals surface area contributed by atoms with Crippen LogP contribution in [0.5, 0.6) is 0 Å². The second-order valence-corrected chi connectivity index (χ2v) is 8.57. The molecule has 6 heteroatoms. The van der Waals surface area contributed by atoms with Crippen molar-refractivity contribution in [2.45, 2.75) is 51.1 Å². The number of rotatable bonds is 8. The second kappa shape index (κ2) is 8.99. The molecule has 2 aromatic heterocycles. The number of benzene rings is 1. The predicted octanol–water partition coefficient (Wildman–Crippen LogP) is 2.92. The van der Waals surface area contributed by atoms with E-state index in [2.05, 4.69) is 40.6 Å². The van der Waals surface area contributed by atoms with Crippen LogP contribution in [0, 0.1) is 0 Å². The average molecular weight is 398 g/mol. The highest BCUT2D eigenvalue weighted by Gasteiger charge is 2.24. The predicted molar refractivity (Wildman–Crippen MR) is 114 cm³/mol. The molecule has 1 aliphatic rings. The van der Waals surface area contributed by atoms with Crippen LogP contribution >= 0.6 is 11.3 Å². The molecule has 0 saturated heterocycles. The van der Waals surface area contributed by atoms with Gasteiger partial charge in [-0.2, -0.15) is 0 Å². The normalized spacial score (nSPS) is 16.4. The zero-order chi connectivity index (χ0) is 19.3. The highest BCUT2D eigenvalue weighted by atomic mass is 32.1. The average Bonchev–Trinajstić information content (AvgIpc) is 3.10. The molecular weight excluding hydrogens is 370 g/mol. The molecule has 4 rings (SSSR count). The molecule has 0 saturated carbocycles.